The minimum Gasteiger partial charge on any atom is -0.493 e. The molecular weight excluding hydrogens is 220 g/mol. The lowest BCUT2D eigenvalue weighted by Gasteiger charge is -2.00. The summed E-state index contributed by atoms with van der Waals surface area (Å²) in [6.45, 7) is 0. The molecule has 1 heterocycles. The monoisotopic (exact) mass is 225 g/mol. The summed E-state index contributed by atoms with van der Waals surface area (Å²) < 4.78 is 11.2. The van der Waals surface area contributed by atoms with Crippen molar-refractivity contribution < 1.29 is 9.15 Å². The van der Waals surface area contributed by atoms with Crippen LogP contribution in [0.5, 0.6) is 5.75 Å². The maximum absolute atomic E-state index is 5.12. The average Bonchev–Trinajstić information content (AvgIpc) is 2.50. The molecule has 2 nitrogen and oxygen atoms in total. The first-order valence-corrected chi connectivity index (χ1v) is 4.23. The molecule has 0 N–H and O–H groups in total. The van der Waals surface area contributed by atoms with E-state index in [4.69, 9.17) is 9.15 Å². The summed E-state index contributed by atoms with van der Waals surface area (Å²) in [6.07, 6.45) is 2.66. The standard InChI is InChI=1S/C9H6BrO2/c1-11-8-5-7(10)4-6-2-3-12-9(6)8/h2,4-5H,1H3. The molecule has 0 amide bonds. The van der Waals surface area contributed by atoms with Crippen LogP contribution in [-0.2, 0) is 0 Å². The molecule has 0 atom stereocenters. The van der Waals surface area contributed by atoms with Gasteiger partial charge in [-0.05, 0) is 18.2 Å². The number of hydrogen-bond acceptors (Lipinski definition) is 2. The first kappa shape index (κ1) is 7.68. The first-order chi connectivity index (χ1) is 5.81. The van der Waals surface area contributed by atoms with Gasteiger partial charge in [-0.15, -0.1) is 0 Å². The molecule has 0 saturated carbocycles. The Morgan fingerprint density at radius 2 is 2.33 bits per heavy atom. The lowest BCUT2D eigenvalue weighted by molar-refractivity contribution is 0.409. The van der Waals surface area contributed by atoms with Crippen LogP contribution in [0.1, 0.15) is 0 Å². The van der Waals surface area contributed by atoms with Crippen molar-refractivity contribution in [1.82, 2.24) is 0 Å². The number of ether oxygens (including phenoxy) is 1. The molecule has 0 spiro atoms. The van der Waals surface area contributed by atoms with Gasteiger partial charge in [-0.25, -0.2) is 0 Å². The second-order valence-corrected chi connectivity index (χ2v) is 3.31. The van der Waals surface area contributed by atoms with E-state index in [9.17, 15) is 0 Å². The average molecular weight is 226 g/mol. The molecule has 0 unspecified atom stereocenters. The van der Waals surface area contributed by atoms with Crippen LogP contribution in [0, 0.1) is 6.26 Å². The van der Waals surface area contributed by atoms with Gasteiger partial charge >= 0.3 is 0 Å². The predicted molar refractivity (Wildman–Crippen MR) is 49.3 cm³/mol. The lowest BCUT2D eigenvalue weighted by Crippen LogP contribution is -1.82. The van der Waals surface area contributed by atoms with Gasteiger partial charge in [0.1, 0.15) is 0 Å². The van der Waals surface area contributed by atoms with Gasteiger partial charge in [0.05, 0.1) is 7.11 Å². The van der Waals surface area contributed by atoms with E-state index in [0.717, 1.165) is 21.2 Å². The normalized spacial score (nSPS) is 10.5. The van der Waals surface area contributed by atoms with Gasteiger partial charge in [0.2, 0.25) is 0 Å². The second kappa shape index (κ2) is 2.83. The van der Waals surface area contributed by atoms with Crippen molar-refractivity contribution >= 4 is 26.9 Å². The van der Waals surface area contributed by atoms with Crippen LogP contribution in [0.15, 0.2) is 27.1 Å². The molecule has 2 rings (SSSR count). The summed E-state index contributed by atoms with van der Waals surface area (Å²) in [4.78, 5) is 0. The fraction of sp³-hybridized carbons (Fsp3) is 0.111. The molecule has 1 aromatic carbocycles. The van der Waals surface area contributed by atoms with Gasteiger partial charge in [0, 0.05) is 9.86 Å². The fourth-order valence-corrected chi connectivity index (χ4v) is 1.56. The Labute approximate surface area is 78.3 Å². The summed E-state index contributed by atoms with van der Waals surface area (Å²) in [5.74, 6) is 0.723. The SMILES string of the molecule is COc1cc(Br)cc2c[c]oc12. The first-order valence-electron chi connectivity index (χ1n) is 3.44. The van der Waals surface area contributed by atoms with Crippen LogP contribution in [0.25, 0.3) is 11.0 Å². The van der Waals surface area contributed by atoms with Crippen molar-refractivity contribution in [2.24, 2.45) is 0 Å². The molecule has 1 radical (unpaired) electrons. The molecule has 0 aliphatic carbocycles. The Hall–Kier alpha value is -0.960. The summed E-state index contributed by atoms with van der Waals surface area (Å²) in [5, 5.41) is 0.987. The van der Waals surface area contributed by atoms with Crippen LogP contribution >= 0.6 is 15.9 Å². The summed E-state index contributed by atoms with van der Waals surface area (Å²) in [6, 6.07) is 5.60. The van der Waals surface area contributed by atoms with E-state index < -0.39 is 0 Å². The minimum atomic E-state index is 0.723. The van der Waals surface area contributed by atoms with Crippen LogP contribution in [0.4, 0.5) is 0 Å². The largest absolute Gasteiger partial charge is 0.493 e. The summed E-state index contributed by atoms with van der Waals surface area (Å²) >= 11 is 3.37. The highest BCUT2D eigenvalue weighted by atomic mass is 79.9. The number of furan rings is 1. The smallest absolute Gasteiger partial charge is 0.176 e. The van der Waals surface area contributed by atoms with Gasteiger partial charge in [-0.3, -0.25) is 0 Å². The van der Waals surface area contributed by atoms with Crippen molar-refractivity contribution in [3.8, 4) is 5.75 Å². The van der Waals surface area contributed by atoms with Gasteiger partial charge in [0.25, 0.3) is 0 Å². The van der Waals surface area contributed by atoms with E-state index in [1.165, 1.54) is 0 Å². The third-order valence-corrected chi connectivity index (χ3v) is 2.10. The van der Waals surface area contributed by atoms with Crippen molar-refractivity contribution in [2.75, 3.05) is 7.11 Å². The number of methoxy groups -OCH3 is 1. The fourth-order valence-electron chi connectivity index (χ4n) is 1.11. The predicted octanol–water partition coefficient (Wildman–Crippen LogP) is 3.00. The topological polar surface area (TPSA) is 22.4 Å². The molecule has 0 fully saturated rings. The van der Waals surface area contributed by atoms with Gasteiger partial charge in [-0.2, -0.15) is 0 Å². The van der Waals surface area contributed by atoms with Crippen LogP contribution in [0.3, 0.4) is 0 Å². The molecular formula is C9H6BrO2. The zero-order valence-corrected chi connectivity index (χ0v) is 8.01. The van der Waals surface area contributed by atoms with E-state index >= 15 is 0 Å². The van der Waals surface area contributed by atoms with Crippen LogP contribution in [-0.4, -0.2) is 7.11 Å². The summed E-state index contributed by atoms with van der Waals surface area (Å²) in [5.41, 5.74) is 0.737. The molecule has 0 saturated heterocycles. The van der Waals surface area contributed by atoms with Crippen LogP contribution < -0.4 is 4.74 Å². The van der Waals surface area contributed by atoms with Crippen molar-refractivity contribution in [3.63, 3.8) is 0 Å². The third kappa shape index (κ3) is 1.10. The summed E-state index contributed by atoms with van der Waals surface area (Å²) in [7, 11) is 1.61. The zero-order chi connectivity index (χ0) is 8.55. The molecule has 3 heteroatoms. The zero-order valence-electron chi connectivity index (χ0n) is 6.43. The third-order valence-electron chi connectivity index (χ3n) is 1.64. The highest BCUT2D eigenvalue weighted by molar-refractivity contribution is 9.10. The highest BCUT2D eigenvalue weighted by Crippen LogP contribution is 2.30. The van der Waals surface area contributed by atoms with Crippen molar-refractivity contribution in [2.45, 2.75) is 0 Å². The Morgan fingerprint density at radius 3 is 3.08 bits per heavy atom. The number of halogens is 1. The molecule has 2 aromatic rings. The molecule has 0 aliphatic rings. The van der Waals surface area contributed by atoms with Gasteiger partial charge in [-0.1, -0.05) is 15.9 Å². The number of fused-ring (bicyclic) bond motifs is 1. The maximum atomic E-state index is 5.12. The van der Waals surface area contributed by atoms with E-state index in [2.05, 4.69) is 22.2 Å². The van der Waals surface area contributed by atoms with Gasteiger partial charge < -0.3 is 9.15 Å². The van der Waals surface area contributed by atoms with Gasteiger partial charge in [0.15, 0.2) is 17.6 Å². The van der Waals surface area contributed by atoms with Crippen LogP contribution in [0.2, 0.25) is 0 Å². The van der Waals surface area contributed by atoms with E-state index in [1.807, 2.05) is 12.1 Å². The second-order valence-electron chi connectivity index (χ2n) is 2.39. The number of hydrogen-bond donors (Lipinski definition) is 0. The van der Waals surface area contributed by atoms with E-state index in [-0.39, 0.29) is 0 Å². The minimum absolute atomic E-state index is 0.723. The van der Waals surface area contributed by atoms with Crippen molar-refractivity contribution in [1.29, 1.82) is 0 Å². The molecule has 0 bridgehead atoms. The molecule has 12 heavy (non-hydrogen) atoms. The number of rotatable bonds is 1. The van der Waals surface area contributed by atoms with E-state index in [1.54, 1.807) is 13.2 Å². The maximum Gasteiger partial charge on any atom is 0.176 e. The Kier molecular flexibility index (Phi) is 1.81. The Bertz CT molecular complexity index is 406. The Morgan fingerprint density at radius 1 is 1.50 bits per heavy atom. The molecule has 61 valence electrons. The van der Waals surface area contributed by atoms with Crippen molar-refractivity contribution in [3.05, 3.63) is 28.9 Å². The quantitative estimate of drug-likeness (QED) is 0.745. The molecule has 1 aromatic heterocycles. The lowest BCUT2D eigenvalue weighted by atomic mass is 10.2. The molecule has 0 aliphatic heterocycles. The number of benzene rings is 1. The highest BCUT2D eigenvalue weighted by Gasteiger charge is 2.05. The Balaban J connectivity index is 2.80. The van der Waals surface area contributed by atoms with E-state index in [0.29, 0.717) is 0 Å².